The fourth-order valence-corrected chi connectivity index (χ4v) is 4.38. The lowest BCUT2D eigenvalue weighted by molar-refractivity contribution is -0.141. The number of rotatable bonds is 3. The maximum atomic E-state index is 12.9. The largest absolute Gasteiger partial charge is 0.444 e. The Hall–Kier alpha value is -1.83. The van der Waals surface area contributed by atoms with Crippen molar-refractivity contribution in [2.24, 2.45) is 5.73 Å². The predicted molar refractivity (Wildman–Crippen MR) is 95.1 cm³/mol. The van der Waals surface area contributed by atoms with Crippen LogP contribution in [0.25, 0.3) is 0 Å². The number of aliphatic hydroxyl groups is 1. The number of likely N-dealkylation sites (tertiary alicyclic amines) is 2. The number of hydrogen-bond donors (Lipinski definition) is 2. The van der Waals surface area contributed by atoms with Gasteiger partial charge in [0.25, 0.3) is 0 Å². The number of hydrogen-bond acceptors (Lipinski definition) is 5. The van der Waals surface area contributed by atoms with E-state index in [0.29, 0.717) is 6.42 Å². The van der Waals surface area contributed by atoms with Crippen molar-refractivity contribution in [3.05, 3.63) is 0 Å². The third-order valence-corrected chi connectivity index (χ3v) is 5.49. The van der Waals surface area contributed by atoms with E-state index in [-0.39, 0.29) is 18.4 Å². The fourth-order valence-electron chi connectivity index (χ4n) is 4.38. The molecule has 0 saturated carbocycles. The molecule has 3 N–H and O–H groups in total. The average molecular weight is 369 g/mol. The third kappa shape index (κ3) is 3.39. The number of ether oxygens (including phenoxy) is 1. The van der Waals surface area contributed by atoms with Gasteiger partial charge in [0.05, 0.1) is 24.1 Å². The number of carbonyl (C=O) groups is 3. The van der Waals surface area contributed by atoms with E-state index in [1.807, 2.05) is 6.92 Å². The molecule has 3 unspecified atom stereocenters. The highest BCUT2D eigenvalue weighted by molar-refractivity contribution is 5.90. The van der Waals surface area contributed by atoms with Crippen LogP contribution in [0.1, 0.15) is 60.8 Å². The molecular formula is C18H31N3O5. The Bertz CT molecular complexity index is 600. The Labute approximate surface area is 154 Å². The standard InChI is InChI=1S/C18H31N3O5/c1-10-7-8-18(21(10)16(25)26-17(4,5)6)9-13(23)20(12(18)3)14(11(2)22)15(19)24/h10-12,14,22H,7-9H2,1-6H3,(H2,19,24)/t10?,11-,12?,14+,18?/m1/s1. The van der Waals surface area contributed by atoms with E-state index in [4.69, 9.17) is 10.5 Å². The molecule has 26 heavy (non-hydrogen) atoms. The molecule has 5 atom stereocenters. The fraction of sp³-hybridized carbons (Fsp3) is 0.833. The smallest absolute Gasteiger partial charge is 0.411 e. The van der Waals surface area contributed by atoms with Crippen molar-refractivity contribution in [1.29, 1.82) is 0 Å². The molecule has 1 spiro atoms. The second-order valence-corrected chi connectivity index (χ2v) is 8.58. The van der Waals surface area contributed by atoms with Crippen LogP contribution in [0.5, 0.6) is 0 Å². The molecule has 0 aliphatic carbocycles. The van der Waals surface area contributed by atoms with Crippen molar-refractivity contribution >= 4 is 17.9 Å². The summed E-state index contributed by atoms with van der Waals surface area (Å²) < 4.78 is 5.57. The SMILES string of the molecule is CC1CCC2(CC(=O)N([C@H](C(N)=O)[C@@H](C)O)C2C)N1C(=O)OC(C)(C)C. The quantitative estimate of drug-likeness (QED) is 0.770. The Morgan fingerprint density at radius 1 is 1.35 bits per heavy atom. The number of aliphatic hydroxyl groups excluding tert-OH is 1. The molecule has 2 saturated heterocycles. The maximum Gasteiger partial charge on any atom is 0.411 e. The van der Waals surface area contributed by atoms with Crippen molar-refractivity contribution in [1.82, 2.24) is 9.80 Å². The van der Waals surface area contributed by atoms with Crippen LogP contribution in [-0.2, 0) is 14.3 Å². The number of carbonyl (C=O) groups excluding carboxylic acids is 3. The van der Waals surface area contributed by atoms with Gasteiger partial charge >= 0.3 is 6.09 Å². The summed E-state index contributed by atoms with van der Waals surface area (Å²) in [6.45, 7) is 10.6. The molecule has 2 fully saturated rings. The van der Waals surface area contributed by atoms with E-state index < -0.39 is 41.3 Å². The van der Waals surface area contributed by atoms with Gasteiger partial charge in [-0.15, -0.1) is 0 Å². The lowest BCUT2D eigenvalue weighted by Gasteiger charge is -2.43. The molecule has 148 valence electrons. The summed E-state index contributed by atoms with van der Waals surface area (Å²) in [6.07, 6.45) is -0.101. The average Bonchev–Trinajstić information content (AvgIpc) is 2.89. The Morgan fingerprint density at radius 3 is 2.38 bits per heavy atom. The Kier molecular flexibility index (Phi) is 5.29. The summed E-state index contributed by atoms with van der Waals surface area (Å²) in [5.74, 6) is -1.04. The van der Waals surface area contributed by atoms with Crippen LogP contribution in [0.2, 0.25) is 0 Å². The minimum absolute atomic E-state index is 0.0846. The van der Waals surface area contributed by atoms with Crippen molar-refractivity contribution in [3.8, 4) is 0 Å². The zero-order chi connectivity index (χ0) is 20.0. The summed E-state index contributed by atoms with van der Waals surface area (Å²) in [5.41, 5.74) is 4.02. The molecule has 2 heterocycles. The predicted octanol–water partition coefficient (Wildman–Crippen LogP) is 1.00. The second kappa shape index (κ2) is 6.72. The van der Waals surface area contributed by atoms with Crippen LogP contribution in [0.15, 0.2) is 0 Å². The first-order valence-electron chi connectivity index (χ1n) is 9.12. The molecule has 2 rings (SSSR count). The lowest BCUT2D eigenvalue weighted by Crippen LogP contribution is -2.60. The van der Waals surface area contributed by atoms with Crippen LogP contribution < -0.4 is 5.73 Å². The van der Waals surface area contributed by atoms with Crippen LogP contribution in [0, 0.1) is 0 Å². The lowest BCUT2D eigenvalue weighted by atomic mass is 9.88. The van der Waals surface area contributed by atoms with Gasteiger partial charge in [-0.3, -0.25) is 14.5 Å². The summed E-state index contributed by atoms with van der Waals surface area (Å²) in [5, 5.41) is 9.99. The monoisotopic (exact) mass is 369 g/mol. The molecule has 2 aliphatic rings. The normalized spacial score (nSPS) is 31.4. The van der Waals surface area contributed by atoms with E-state index >= 15 is 0 Å². The summed E-state index contributed by atoms with van der Waals surface area (Å²) >= 11 is 0. The minimum atomic E-state index is -1.12. The van der Waals surface area contributed by atoms with Crippen LogP contribution in [0.4, 0.5) is 4.79 Å². The van der Waals surface area contributed by atoms with Gasteiger partial charge in [-0.05, 0) is 54.4 Å². The zero-order valence-electron chi connectivity index (χ0n) is 16.5. The van der Waals surface area contributed by atoms with Crippen LogP contribution in [0.3, 0.4) is 0 Å². The van der Waals surface area contributed by atoms with E-state index in [2.05, 4.69) is 0 Å². The van der Waals surface area contributed by atoms with Gasteiger partial charge < -0.3 is 20.5 Å². The summed E-state index contributed by atoms with van der Waals surface area (Å²) in [4.78, 5) is 40.5. The van der Waals surface area contributed by atoms with Crippen molar-refractivity contribution < 1.29 is 24.2 Å². The zero-order valence-corrected chi connectivity index (χ0v) is 16.5. The minimum Gasteiger partial charge on any atom is -0.444 e. The third-order valence-electron chi connectivity index (χ3n) is 5.49. The summed E-state index contributed by atoms with van der Waals surface area (Å²) in [7, 11) is 0. The Morgan fingerprint density at radius 2 is 1.92 bits per heavy atom. The molecule has 0 aromatic heterocycles. The molecule has 8 heteroatoms. The summed E-state index contributed by atoms with van der Waals surface area (Å²) in [6, 6.07) is -1.66. The van der Waals surface area contributed by atoms with Gasteiger partial charge in [0.15, 0.2) is 0 Å². The first-order valence-corrected chi connectivity index (χ1v) is 9.12. The Balaban J connectivity index is 2.40. The van der Waals surface area contributed by atoms with Gasteiger partial charge in [0.2, 0.25) is 11.8 Å². The highest BCUT2D eigenvalue weighted by atomic mass is 16.6. The van der Waals surface area contributed by atoms with E-state index in [1.54, 1.807) is 32.6 Å². The number of nitrogens with two attached hydrogens (primary N) is 1. The van der Waals surface area contributed by atoms with Crippen LogP contribution in [-0.4, -0.2) is 68.2 Å². The van der Waals surface area contributed by atoms with Gasteiger partial charge in [-0.25, -0.2) is 4.79 Å². The maximum absolute atomic E-state index is 12.9. The molecule has 3 amide bonds. The molecular weight excluding hydrogens is 338 g/mol. The second-order valence-electron chi connectivity index (χ2n) is 8.58. The van der Waals surface area contributed by atoms with Crippen molar-refractivity contribution in [2.45, 2.75) is 96.2 Å². The molecule has 8 nitrogen and oxygen atoms in total. The van der Waals surface area contributed by atoms with Gasteiger partial charge in [0.1, 0.15) is 11.6 Å². The van der Waals surface area contributed by atoms with Crippen molar-refractivity contribution in [3.63, 3.8) is 0 Å². The van der Waals surface area contributed by atoms with Gasteiger partial charge in [-0.2, -0.15) is 0 Å². The molecule has 0 aromatic carbocycles. The number of primary amides is 1. The van der Waals surface area contributed by atoms with Crippen LogP contribution >= 0.6 is 0 Å². The van der Waals surface area contributed by atoms with Crippen molar-refractivity contribution in [2.75, 3.05) is 0 Å². The highest BCUT2D eigenvalue weighted by Gasteiger charge is 2.61. The molecule has 2 aliphatic heterocycles. The first-order chi connectivity index (χ1) is 11.8. The van der Waals surface area contributed by atoms with E-state index in [0.717, 1.165) is 6.42 Å². The van der Waals surface area contributed by atoms with E-state index in [1.165, 1.54) is 11.8 Å². The van der Waals surface area contributed by atoms with Gasteiger partial charge in [-0.1, -0.05) is 0 Å². The van der Waals surface area contributed by atoms with E-state index in [9.17, 15) is 19.5 Å². The molecule has 0 bridgehead atoms. The molecule has 0 aromatic rings. The molecule has 0 radical (unpaired) electrons. The van der Waals surface area contributed by atoms with Gasteiger partial charge in [0, 0.05) is 6.04 Å². The topological polar surface area (TPSA) is 113 Å². The highest BCUT2D eigenvalue weighted by Crippen LogP contribution is 2.47. The first kappa shape index (κ1) is 20.5. The number of nitrogens with zero attached hydrogens (tertiary/aromatic N) is 2. The number of amides is 3.